The highest BCUT2D eigenvalue weighted by molar-refractivity contribution is 5.94. The van der Waals surface area contributed by atoms with Crippen molar-refractivity contribution in [3.05, 3.63) is 34.9 Å². The van der Waals surface area contributed by atoms with E-state index >= 15 is 0 Å². The van der Waals surface area contributed by atoms with E-state index < -0.39 is 0 Å². The molecule has 1 aromatic carbocycles. The van der Waals surface area contributed by atoms with Crippen molar-refractivity contribution in [2.75, 3.05) is 14.1 Å². The Balaban J connectivity index is 3.26. The standard InChI is InChI=1S/C15H23NO/c1-10(2)12-7-13(11(3)4)9-14(8-12)15(17)16(5)6/h7-11H,1-6H3. The molecule has 0 radical (unpaired) electrons. The first-order valence-electron chi connectivity index (χ1n) is 6.19. The second-order valence-electron chi connectivity index (χ2n) is 5.40. The minimum Gasteiger partial charge on any atom is -0.345 e. The fourth-order valence-electron chi connectivity index (χ4n) is 1.72. The van der Waals surface area contributed by atoms with Gasteiger partial charge in [0, 0.05) is 19.7 Å². The molecule has 94 valence electrons. The molecule has 0 aliphatic heterocycles. The number of hydrogen-bond acceptors (Lipinski definition) is 1. The Hall–Kier alpha value is -1.31. The molecule has 0 heterocycles. The summed E-state index contributed by atoms with van der Waals surface area (Å²) in [7, 11) is 3.58. The maximum Gasteiger partial charge on any atom is 0.253 e. The van der Waals surface area contributed by atoms with Crippen LogP contribution in [0.15, 0.2) is 18.2 Å². The molecule has 0 atom stereocenters. The molecule has 1 amide bonds. The zero-order valence-corrected chi connectivity index (χ0v) is 11.7. The van der Waals surface area contributed by atoms with Crippen molar-refractivity contribution in [2.45, 2.75) is 39.5 Å². The third kappa shape index (κ3) is 3.32. The molecule has 1 rings (SSSR count). The van der Waals surface area contributed by atoms with E-state index in [1.807, 2.05) is 12.1 Å². The first-order chi connectivity index (χ1) is 7.82. The van der Waals surface area contributed by atoms with Gasteiger partial charge < -0.3 is 4.90 Å². The molecule has 0 unspecified atom stereocenters. The fraction of sp³-hybridized carbons (Fsp3) is 0.533. The maximum atomic E-state index is 12.0. The summed E-state index contributed by atoms with van der Waals surface area (Å²) in [6.45, 7) is 8.62. The number of hydrogen-bond donors (Lipinski definition) is 0. The Morgan fingerprint density at radius 2 is 1.35 bits per heavy atom. The zero-order valence-electron chi connectivity index (χ0n) is 11.7. The normalized spacial score (nSPS) is 11.1. The molecule has 0 bridgehead atoms. The molecule has 2 heteroatoms. The van der Waals surface area contributed by atoms with E-state index in [2.05, 4.69) is 33.8 Å². The van der Waals surface area contributed by atoms with Crippen molar-refractivity contribution in [3.8, 4) is 0 Å². The second-order valence-corrected chi connectivity index (χ2v) is 5.40. The van der Waals surface area contributed by atoms with E-state index in [0.717, 1.165) is 5.56 Å². The summed E-state index contributed by atoms with van der Waals surface area (Å²) in [6.07, 6.45) is 0. The molecule has 17 heavy (non-hydrogen) atoms. The minimum atomic E-state index is 0.0781. The van der Waals surface area contributed by atoms with E-state index in [4.69, 9.17) is 0 Å². The third-order valence-electron chi connectivity index (χ3n) is 2.96. The van der Waals surface area contributed by atoms with Crippen LogP contribution in [0.25, 0.3) is 0 Å². The van der Waals surface area contributed by atoms with E-state index in [-0.39, 0.29) is 5.91 Å². The molecular formula is C15H23NO. The van der Waals surface area contributed by atoms with E-state index in [9.17, 15) is 4.79 Å². The highest BCUT2D eigenvalue weighted by Gasteiger charge is 2.13. The first-order valence-corrected chi connectivity index (χ1v) is 6.19. The number of benzene rings is 1. The molecule has 0 aromatic heterocycles. The van der Waals surface area contributed by atoms with Crippen molar-refractivity contribution >= 4 is 5.91 Å². The Labute approximate surface area is 105 Å². The van der Waals surface area contributed by atoms with Gasteiger partial charge in [-0.2, -0.15) is 0 Å². The molecule has 0 fully saturated rings. The van der Waals surface area contributed by atoms with Gasteiger partial charge in [-0.3, -0.25) is 4.79 Å². The van der Waals surface area contributed by atoms with Gasteiger partial charge in [0.25, 0.3) is 5.91 Å². The van der Waals surface area contributed by atoms with Gasteiger partial charge >= 0.3 is 0 Å². The van der Waals surface area contributed by atoms with Gasteiger partial charge in [-0.1, -0.05) is 33.8 Å². The molecule has 2 nitrogen and oxygen atoms in total. The van der Waals surface area contributed by atoms with Crippen molar-refractivity contribution in [2.24, 2.45) is 0 Å². The minimum absolute atomic E-state index is 0.0781. The first kappa shape index (κ1) is 13.8. The zero-order chi connectivity index (χ0) is 13.2. The topological polar surface area (TPSA) is 20.3 Å². The van der Waals surface area contributed by atoms with Crippen LogP contribution in [-0.2, 0) is 0 Å². The highest BCUT2D eigenvalue weighted by Crippen LogP contribution is 2.23. The van der Waals surface area contributed by atoms with Crippen LogP contribution in [0.2, 0.25) is 0 Å². The summed E-state index contributed by atoms with van der Waals surface area (Å²) in [5, 5.41) is 0. The monoisotopic (exact) mass is 233 g/mol. The average Bonchev–Trinajstić information content (AvgIpc) is 2.27. The highest BCUT2D eigenvalue weighted by atomic mass is 16.2. The SMILES string of the molecule is CC(C)c1cc(C(=O)N(C)C)cc(C(C)C)c1. The van der Waals surface area contributed by atoms with Crippen LogP contribution in [0.4, 0.5) is 0 Å². The molecule has 0 N–H and O–H groups in total. The summed E-state index contributed by atoms with van der Waals surface area (Å²) in [5.41, 5.74) is 3.27. The number of carbonyl (C=O) groups is 1. The Bertz CT molecular complexity index is 379. The molecule has 0 aliphatic rings. The summed E-state index contributed by atoms with van der Waals surface area (Å²) in [4.78, 5) is 13.6. The lowest BCUT2D eigenvalue weighted by Gasteiger charge is -2.16. The lowest BCUT2D eigenvalue weighted by Crippen LogP contribution is -2.22. The van der Waals surface area contributed by atoms with Crippen LogP contribution in [0.1, 0.15) is 61.0 Å². The summed E-state index contributed by atoms with van der Waals surface area (Å²) >= 11 is 0. The van der Waals surface area contributed by atoms with Gasteiger partial charge in [-0.15, -0.1) is 0 Å². The predicted octanol–water partition coefficient (Wildman–Crippen LogP) is 3.64. The lowest BCUT2D eigenvalue weighted by molar-refractivity contribution is 0.0827. The average molecular weight is 233 g/mol. The summed E-state index contributed by atoms with van der Waals surface area (Å²) in [6, 6.07) is 6.24. The van der Waals surface area contributed by atoms with Gasteiger partial charge in [0.2, 0.25) is 0 Å². The number of rotatable bonds is 3. The van der Waals surface area contributed by atoms with E-state index in [1.54, 1.807) is 19.0 Å². The van der Waals surface area contributed by atoms with Gasteiger partial charge in [0.15, 0.2) is 0 Å². The molecule has 0 saturated carbocycles. The maximum absolute atomic E-state index is 12.0. The van der Waals surface area contributed by atoms with Crippen LogP contribution in [0.5, 0.6) is 0 Å². The number of amides is 1. The van der Waals surface area contributed by atoms with Gasteiger partial charge in [0.05, 0.1) is 0 Å². The third-order valence-corrected chi connectivity index (χ3v) is 2.96. The van der Waals surface area contributed by atoms with Crippen molar-refractivity contribution < 1.29 is 4.79 Å². The summed E-state index contributed by atoms with van der Waals surface area (Å²) in [5.74, 6) is 0.972. The molecular weight excluding hydrogens is 210 g/mol. The quantitative estimate of drug-likeness (QED) is 0.780. The van der Waals surface area contributed by atoms with E-state index in [0.29, 0.717) is 11.8 Å². The van der Waals surface area contributed by atoms with Crippen LogP contribution < -0.4 is 0 Å². The fourth-order valence-corrected chi connectivity index (χ4v) is 1.72. The van der Waals surface area contributed by atoms with Crippen LogP contribution in [-0.4, -0.2) is 24.9 Å². The van der Waals surface area contributed by atoms with E-state index in [1.165, 1.54) is 11.1 Å². The molecule has 0 aliphatic carbocycles. The molecule has 0 spiro atoms. The van der Waals surface area contributed by atoms with Gasteiger partial charge in [0.1, 0.15) is 0 Å². The van der Waals surface area contributed by atoms with Crippen LogP contribution in [0.3, 0.4) is 0 Å². The van der Waals surface area contributed by atoms with Crippen LogP contribution >= 0.6 is 0 Å². The largest absolute Gasteiger partial charge is 0.345 e. The van der Waals surface area contributed by atoms with Crippen LogP contribution in [0, 0.1) is 0 Å². The number of carbonyl (C=O) groups excluding carboxylic acids is 1. The summed E-state index contributed by atoms with van der Waals surface area (Å²) < 4.78 is 0. The predicted molar refractivity (Wildman–Crippen MR) is 72.6 cm³/mol. The number of nitrogens with zero attached hydrogens (tertiary/aromatic N) is 1. The second kappa shape index (κ2) is 5.35. The van der Waals surface area contributed by atoms with Crippen molar-refractivity contribution in [1.29, 1.82) is 0 Å². The molecule has 1 aromatic rings. The van der Waals surface area contributed by atoms with Crippen molar-refractivity contribution in [1.82, 2.24) is 4.90 Å². The molecule has 0 saturated heterocycles. The van der Waals surface area contributed by atoms with Gasteiger partial charge in [-0.05, 0) is 35.1 Å². The Morgan fingerprint density at radius 1 is 0.941 bits per heavy atom. The smallest absolute Gasteiger partial charge is 0.253 e. The van der Waals surface area contributed by atoms with Crippen molar-refractivity contribution in [3.63, 3.8) is 0 Å². The lowest BCUT2D eigenvalue weighted by atomic mass is 9.93. The Morgan fingerprint density at radius 3 is 1.65 bits per heavy atom. The van der Waals surface area contributed by atoms with Gasteiger partial charge in [-0.25, -0.2) is 0 Å². The Kier molecular flexibility index (Phi) is 4.33.